The zero-order valence-corrected chi connectivity index (χ0v) is 15.5. The van der Waals surface area contributed by atoms with Crippen molar-refractivity contribution in [2.45, 2.75) is 0 Å². The lowest BCUT2D eigenvalue weighted by molar-refractivity contribution is -0.113. The van der Waals surface area contributed by atoms with Crippen molar-refractivity contribution in [3.05, 3.63) is 90.0 Å². The molecule has 29 heavy (non-hydrogen) atoms. The summed E-state index contributed by atoms with van der Waals surface area (Å²) in [5, 5.41) is 8.35. The molecule has 0 aromatic heterocycles. The summed E-state index contributed by atoms with van der Waals surface area (Å²) in [7, 11) is 0. The molecule has 6 nitrogen and oxygen atoms in total. The highest BCUT2D eigenvalue weighted by atomic mass is 16.5. The molecule has 0 unspecified atom stereocenters. The van der Waals surface area contributed by atoms with Gasteiger partial charge in [-0.05, 0) is 42.5 Å². The van der Waals surface area contributed by atoms with Gasteiger partial charge in [-0.25, -0.2) is 4.79 Å². The Kier molecular flexibility index (Phi) is 5.25. The first kappa shape index (κ1) is 18.3. The Bertz CT molecular complexity index is 1080. The predicted molar refractivity (Wildman–Crippen MR) is 114 cm³/mol. The lowest BCUT2D eigenvalue weighted by atomic mass is 10.1. The van der Waals surface area contributed by atoms with Crippen LogP contribution in [0.15, 0.2) is 84.4 Å². The predicted octanol–water partition coefficient (Wildman–Crippen LogP) is 4.75. The van der Waals surface area contributed by atoms with E-state index in [-0.39, 0.29) is 18.5 Å². The fourth-order valence-electron chi connectivity index (χ4n) is 2.95. The molecule has 1 aliphatic rings. The highest BCUT2D eigenvalue weighted by Crippen LogP contribution is 2.26. The maximum atomic E-state index is 12.6. The van der Waals surface area contributed by atoms with Crippen molar-refractivity contribution in [2.24, 2.45) is 0 Å². The highest BCUT2D eigenvalue weighted by molar-refractivity contribution is 6.08. The quantitative estimate of drug-likeness (QED) is 0.607. The lowest BCUT2D eigenvalue weighted by Gasteiger charge is -2.17. The SMILES string of the molecule is O=C(Nc1ccccc1)Nc1cccc(NC(=O)C2=Cc3ccccc3OC2)c1. The zero-order valence-electron chi connectivity index (χ0n) is 15.5. The standard InChI is InChI=1S/C23H19N3O3/c27-22(17-13-16-7-4-5-12-21(16)29-15-17)24-19-10-6-11-20(14-19)26-23(28)25-18-8-2-1-3-9-18/h1-14H,15H2,(H,24,27)(H2,25,26,28). The molecule has 0 saturated heterocycles. The first-order chi connectivity index (χ1) is 14.2. The lowest BCUT2D eigenvalue weighted by Crippen LogP contribution is -2.22. The van der Waals surface area contributed by atoms with E-state index in [0.717, 1.165) is 11.3 Å². The largest absolute Gasteiger partial charge is 0.488 e. The average molecular weight is 385 g/mol. The zero-order chi connectivity index (χ0) is 20.1. The van der Waals surface area contributed by atoms with Crippen LogP contribution in [-0.4, -0.2) is 18.5 Å². The molecule has 0 fully saturated rings. The monoisotopic (exact) mass is 385 g/mol. The normalized spacial score (nSPS) is 12.1. The number of para-hydroxylation sites is 2. The number of ether oxygens (including phenoxy) is 1. The van der Waals surface area contributed by atoms with E-state index in [1.807, 2.05) is 48.5 Å². The Morgan fingerprint density at radius 2 is 1.38 bits per heavy atom. The third-order valence-electron chi connectivity index (χ3n) is 4.33. The van der Waals surface area contributed by atoms with E-state index < -0.39 is 0 Å². The molecule has 0 atom stereocenters. The van der Waals surface area contributed by atoms with Crippen LogP contribution in [0.2, 0.25) is 0 Å². The summed E-state index contributed by atoms with van der Waals surface area (Å²) in [4.78, 5) is 24.7. The molecule has 1 aliphatic heterocycles. The Labute approximate surface area is 168 Å². The number of urea groups is 1. The smallest absolute Gasteiger partial charge is 0.323 e. The van der Waals surface area contributed by atoms with E-state index in [9.17, 15) is 9.59 Å². The summed E-state index contributed by atoms with van der Waals surface area (Å²) in [6, 6.07) is 23.3. The van der Waals surface area contributed by atoms with Crippen LogP contribution in [0.3, 0.4) is 0 Å². The van der Waals surface area contributed by atoms with Crippen molar-refractivity contribution in [1.29, 1.82) is 0 Å². The van der Waals surface area contributed by atoms with Gasteiger partial charge in [-0.3, -0.25) is 4.79 Å². The van der Waals surface area contributed by atoms with Crippen LogP contribution in [0.1, 0.15) is 5.56 Å². The van der Waals surface area contributed by atoms with Gasteiger partial charge in [0.2, 0.25) is 0 Å². The summed E-state index contributed by atoms with van der Waals surface area (Å²) >= 11 is 0. The molecule has 3 N–H and O–H groups in total. The number of hydrogen-bond donors (Lipinski definition) is 3. The number of carbonyl (C=O) groups is 2. The molecule has 6 heteroatoms. The summed E-state index contributed by atoms with van der Waals surface area (Å²) < 4.78 is 5.63. The van der Waals surface area contributed by atoms with E-state index in [1.165, 1.54) is 0 Å². The summed E-state index contributed by atoms with van der Waals surface area (Å²) in [6.45, 7) is 0.209. The van der Waals surface area contributed by atoms with E-state index in [2.05, 4.69) is 16.0 Å². The molecule has 144 valence electrons. The maximum absolute atomic E-state index is 12.6. The number of rotatable bonds is 4. The van der Waals surface area contributed by atoms with Crippen molar-refractivity contribution in [3.8, 4) is 5.75 Å². The molecule has 0 saturated carbocycles. The van der Waals surface area contributed by atoms with Crippen LogP contribution >= 0.6 is 0 Å². The molecular formula is C23H19N3O3. The van der Waals surface area contributed by atoms with Crippen molar-refractivity contribution >= 4 is 35.1 Å². The number of amides is 3. The first-order valence-electron chi connectivity index (χ1n) is 9.14. The second-order valence-electron chi connectivity index (χ2n) is 6.48. The van der Waals surface area contributed by atoms with Gasteiger partial charge in [-0.2, -0.15) is 0 Å². The Morgan fingerprint density at radius 3 is 2.21 bits per heavy atom. The number of anilines is 3. The molecule has 0 bridgehead atoms. The summed E-state index contributed by atoms with van der Waals surface area (Å²) in [5.41, 5.74) is 3.24. The minimum atomic E-state index is -0.361. The maximum Gasteiger partial charge on any atom is 0.323 e. The minimum absolute atomic E-state index is 0.209. The van der Waals surface area contributed by atoms with Crippen LogP contribution in [0.4, 0.5) is 21.9 Å². The summed E-state index contributed by atoms with van der Waals surface area (Å²) in [6.07, 6.45) is 1.82. The van der Waals surface area contributed by atoms with Gasteiger partial charge in [0.25, 0.3) is 5.91 Å². The van der Waals surface area contributed by atoms with Crippen LogP contribution in [0.25, 0.3) is 6.08 Å². The highest BCUT2D eigenvalue weighted by Gasteiger charge is 2.17. The fourth-order valence-corrected chi connectivity index (χ4v) is 2.95. The van der Waals surface area contributed by atoms with Crippen LogP contribution in [0.5, 0.6) is 5.75 Å². The molecular weight excluding hydrogens is 366 g/mol. The molecule has 3 amide bonds. The molecule has 3 aromatic carbocycles. The van der Waals surface area contributed by atoms with Gasteiger partial charge >= 0.3 is 6.03 Å². The Balaban J connectivity index is 1.41. The van der Waals surface area contributed by atoms with E-state index in [0.29, 0.717) is 22.6 Å². The van der Waals surface area contributed by atoms with Crippen molar-refractivity contribution < 1.29 is 14.3 Å². The second-order valence-corrected chi connectivity index (χ2v) is 6.48. The molecule has 0 aliphatic carbocycles. The van der Waals surface area contributed by atoms with Gasteiger partial charge in [0.15, 0.2) is 0 Å². The van der Waals surface area contributed by atoms with Gasteiger partial charge in [0.05, 0.1) is 5.57 Å². The second kappa shape index (κ2) is 8.31. The van der Waals surface area contributed by atoms with Gasteiger partial charge in [0.1, 0.15) is 12.4 Å². The molecule has 0 spiro atoms. The summed E-state index contributed by atoms with van der Waals surface area (Å²) in [5.74, 6) is 0.519. The molecule has 4 rings (SSSR count). The van der Waals surface area contributed by atoms with Gasteiger partial charge in [0, 0.05) is 22.6 Å². The number of hydrogen-bond acceptors (Lipinski definition) is 3. The first-order valence-corrected chi connectivity index (χ1v) is 9.14. The number of carbonyl (C=O) groups excluding carboxylic acids is 2. The molecule has 0 radical (unpaired) electrons. The van der Waals surface area contributed by atoms with Gasteiger partial charge in [-0.1, -0.05) is 42.5 Å². The number of benzene rings is 3. The fraction of sp³-hybridized carbons (Fsp3) is 0.0435. The van der Waals surface area contributed by atoms with Crippen molar-refractivity contribution in [2.75, 3.05) is 22.6 Å². The van der Waals surface area contributed by atoms with Crippen molar-refractivity contribution in [3.63, 3.8) is 0 Å². The van der Waals surface area contributed by atoms with Crippen molar-refractivity contribution in [1.82, 2.24) is 0 Å². The third kappa shape index (κ3) is 4.62. The Morgan fingerprint density at radius 1 is 0.724 bits per heavy atom. The number of fused-ring (bicyclic) bond motifs is 1. The topological polar surface area (TPSA) is 79.5 Å². The van der Waals surface area contributed by atoms with E-state index in [1.54, 1.807) is 36.4 Å². The van der Waals surface area contributed by atoms with Gasteiger partial charge in [-0.15, -0.1) is 0 Å². The number of nitrogens with one attached hydrogen (secondary N) is 3. The Hall–Kier alpha value is -4.06. The van der Waals surface area contributed by atoms with Gasteiger partial charge < -0.3 is 20.7 Å². The average Bonchev–Trinajstić information content (AvgIpc) is 2.74. The van der Waals surface area contributed by atoms with Crippen LogP contribution in [0, 0.1) is 0 Å². The third-order valence-corrected chi connectivity index (χ3v) is 4.33. The molecule has 1 heterocycles. The van der Waals surface area contributed by atoms with Crippen LogP contribution in [-0.2, 0) is 4.79 Å². The minimum Gasteiger partial charge on any atom is -0.488 e. The molecule has 3 aromatic rings. The van der Waals surface area contributed by atoms with E-state index >= 15 is 0 Å². The van der Waals surface area contributed by atoms with Crippen LogP contribution < -0.4 is 20.7 Å². The van der Waals surface area contributed by atoms with E-state index in [4.69, 9.17) is 4.74 Å².